The second kappa shape index (κ2) is 7.64. The van der Waals surface area contributed by atoms with Gasteiger partial charge in [-0.25, -0.2) is 9.37 Å². The fraction of sp³-hybridized carbons (Fsp3) is 0.286. The van der Waals surface area contributed by atoms with Crippen LogP contribution < -0.4 is 9.64 Å². The highest BCUT2D eigenvalue weighted by Gasteiger charge is 2.24. The zero-order valence-corrected chi connectivity index (χ0v) is 16.2. The molecule has 0 saturated heterocycles. The summed E-state index contributed by atoms with van der Waals surface area (Å²) >= 11 is 1.77. The molecule has 1 atom stereocenters. The van der Waals surface area contributed by atoms with Crippen molar-refractivity contribution >= 4 is 17.4 Å². The van der Waals surface area contributed by atoms with Gasteiger partial charge in [0.1, 0.15) is 17.4 Å². The smallest absolute Gasteiger partial charge is 0.125 e. The molecule has 3 aromatic rings. The largest absolute Gasteiger partial charge is 0.497 e. The number of aryl methyl sites for hydroxylation is 1. The Morgan fingerprint density at radius 1 is 1.30 bits per heavy atom. The summed E-state index contributed by atoms with van der Waals surface area (Å²) in [5.74, 6) is 1.59. The highest BCUT2D eigenvalue weighted by Crippen LogP contribution is 2.46. The molecular formula is C21H22FN3OS. The van der Waals surface area contributed by atoms with Crippen LogP contribution in [0, 0.1) is 12.7 Å². The zero-order valence-electron chi connectivity index (χ0n) is 15.4. The molecule has 0 saturated carbocycles. The Bertz CT molecular complexity index is 943. The van der Waals surface area contributed by atoms with Gasteiger partial charge in [0.15, 0.2) is 0 Å². The topological polar surface area (TPSA) is 41.1 Å². The number of aromatic nitrogens is 2. The maximum absolute atomic E-state index is 13.8. The van der Waals surface area contributed by atoms with Gasteiger partial charge in [-0.15, -0.1) is 11.8 Å². The molecule has 0 fully saturated rings. The van der Waals surface area contributed by atoms with Crippen molar-refractivity contribution in [2.75, 3.05) is 18.6 Å². The molecule has 1 N–H and O–H groups in total. The van der Waals surface area contributed by atoms with Gasteiger partial charge < -0.3 is 14.6 Å². The number of aromatic amines is 1. The summed E-state index contributed by atoms with van der Waals surface area (Å²) in [6.45, 7) is 3.59. The van der Waals surface area contributed by atoms with Gasteiger partial charge in [0, 0.05) is 28.6 Å². The highest BCUT2D eigenvalue weighted by atomic mass is 32.2. The lowest BCUT2D eigenvalue weighted by Gasteiger charge is -2.23. The molecule has 1 aliphatic rings. The van der Waals surface area contributed by atoms with Crippen molar-refractivity contribution in [1.29, 1.82) is 0 Å². The lowest BCUT2D eigenvalue weighted by Crippen LogP contribution is -2.24. The van der Waals surface area contributed by atoms with Gasteiger partial charge in [-0.2, -0.15) is 0 Å². The van der Waals surface area contributed by atoms with Crippen LogP contribution in [0.25, 0.3) is 0 Å². The molecular weight excluding hydrogens is 361 g/mol. The van der Waals surface area contributed by atoms with Crippen LogP contribution in [0.4, 0.5) is 10.1 Å². The van der Waals surface area contributed by atoms with Crippen LogP contribution in [0.3, 0.4) is 0 Å². The van der Waals surface area contributed by atoms with Crippen molar-refractivity contribution in [3.8, 4) is 5.75 Å². The number of hydrogen-bond acceptors (Lipinski definition) is 4. The fourth-order valence-electron chi connectivity index (χ4n) is 3.42. The number of halogens is 1. The molecule has 6 heteroatoms. The molecule has 140 valence electrons. The molecule has 2 aromatic carbocycles. The van der Waals surface area contributed by atoms with Crippen LogP contribution in [0.2, 0.25) is 0 Å². The first-order valence-electron chi connectivity index (χ1n) is 8.98. The number of nitrogens with one attached hydrogen (secondary N) is 1. The molecule has 4 nitrogen and oxygen atoms in total. The van der Waals surface area contributed by atoms with E-state index in [1.165, 1.54) is 6.07 Å². The number of ether oxygens (including phenoxy) is 1. The van der Waals surface area contributed by atoms with E-state index >= 15 is 0 Å². The van der Waals surface area contributed by atoms with E-state index in [1.54, 1.807) is 31.0 Å². The minimum Gasteiger partial charge on any atom is -0.497 e. The Morgan fingerprint density at radius 3 is 2.93 bits per heavy atom. The number of imidazole rings is 1. The van der Waals surface area contributed by atoms with E-state index in [4.69, 9.17) is 4.74 Å². The maximum atomic E-state index is 13.8. The van der Waals surface area contributed by atoms with E-state index in [0.29, 0.717) is 6.54 Å². The molecule has 4 rings (SSSR count). The van der Waals surface area contributed by atoms with Crippen molar-refractivity contribution in [1.82, 2.24) is 9.97 Å². The number of hydrogen-bond donors (Lipinski definition) is 1. The summed E-state index contributed by atoms with van der Waals surface area (Å²) in [6, 6.07) is 13.1. The highest BCUT2D eigenvalue weighted by molar-refractivity contribution is 7.99. The molecule has 0 amide bonds. The van der Waals surface area contributed by atoms with Crippen molar-refractivity contribution in [3.05, 3.63) is 71.6 Å². The predicted molar refractivity (Wildman–Crippen MR) is 107 cm³/mol. The number of anilines is 1. The Morgan fingerprint density at radius 2 is 2.19 bits per heavy atom. The molecule has 0 aliphatic carbocycles. The molecule has 27 heavy (non-hydrogen) atoms. The van der Waals surface area contributed by atoms with Crippen LogP contribution in [0.15, 0.2) is 53.6 Å². The molecule has 0 radical (unpaired) electrons. The van der Waals surface area contributed by atoms with Crippen LogP contribution in [-0.4, -0.2) is 23.6 Å². The predicted octanol–water partition coefficient (Wildman–Crippen LogP) is 5.11. The van der Waals surface area contributed by atoms with Crippen LogP contribution >= 0.6 is 11.8 Å². The lowest BCUT2D eigenvalue weighted by atomic mass is 10.1. The third-order valence-electron chi connectivity index (χ3n) is 4.75. The van der Waals surface area contributed by atoms with Gasteiger partial charge in [-0.1, -0.05) is 12.1 Å². The van der Waals surface area contributed by atoms with E-state index < -0.39 is 0 Å². The summed E-state index contributed by atoms with van der Waals surface area (Å²) in [4.78, 5) is 11.2. The Balaban J connectivity index is 1.68. The average Bonchev–Trinajstić information content (AvgIpc) is 2.99. The average molecular weight is 383 g/mol. The van der Waals surface area contributed by atoms with Gasteiger partial charge in [0.2, 0.25) is 0 Å². The normalized spacial score (nSPS) is 16.7. The van der Waals surface area contributed by atoms with Crippen molar-refractivity contribution in [2.45, 2.75) is 30.0 Å². The van der Waals surface area contributed by atoms with Gasteiger partial charge >= 0.3 is 0 Å². The van der Waals surface area contributed by atoms with Crippen LogP contribution in [-0.2, 0) is 6.54 Å². The fourth-order valence-corrected chi connectivity index (χ4v) is 4.73. The Labute approximate surface area is 162 Å². The standard InChI is InChI=1S/C21H22FN3OS/c1-14-12-23-21(24-14)13-25-9-8-19(15-4-3-5-16(22)10-15)27-20-11-17(26-2)6-7-18(20)25/h3-7,10-12,19H,8-9,13H2,1-2H3,(H,23,24)/t19-/m0/s1. The number of H-pyrrole nitrogens is 1. The third kappa shape index (κ3) is 3.95. The van der Waals surface area contributed by atoms with E-state index in [0.717, 1.165) is 46.4 Å². The first-order valence-corrected chi connectivity index (χ1v) is 9.86. The van der Waals surface area contributed by atoms with Crippen LogP contribution in [0.5, 0.6) is 5.75 Å². The molecule has 2 heterocycles. The van der Waals surface area contributed by atoms with Crippen LogP contribution in [0.1, 0.15) is 28.8 Å². The minimum atomic E-state index is -0.189. The number of benzene rings is 2. The summed E-state index contributed by atoms with van der Waals surface area (Å²) in [5, 5.41) is 0.190. The van der Waals surface area contributed by atoms with E-state index in [9.17, 15) is 4.39 Å². The van der Waals surface area contributed by atoms with Crippen molar-refractivity contribution in [2.24, 2.45) is 0 Å². The molecule has 1 aliphatic heterocycles. The van der Waals surface area contributed by atoms with Gasteiger partial charge in [-0.05, 0) is 49.2 Å². The van der Waals surface area contributed by atoms with E-state index in [-0.39, 0.29) is 11.1 Å². The number of nitrogens with zero attached hydrogens (tertiary/aromatic N) is 2. The molecule has 1 aromatic heterocycles. The van der Waals surface area contributed by atoms with E-state index in [2.05, 4.69) is 27.0 Å². The quantitative estimate of drug-likeness (QED) is 0.680. The number of fused-ring (bicyclic) bond motifs is 1. The Kier molecular flexibility index (Phi) is 5.07. The monoisotopic (exact) mass is 383 g/mol. The third-order valence-corrected chi connectivity index (χ3v) is 6.13. The SMILES string of the molecule is COc1ccc2c(c1)S[C@H](c1cccc(F)c1)CCN2Cc1ncc(C)[nH]1. The van der Waals surface area contributed by atoms with Gasteiger partial charge in [0.25, 0.3) is 0 Å². The van der Waals surface area contributed by atoms with Crippen molar-refractivity contribution in [3.63, 3.8) is 0 Å². The zero-order chi connectivity index (χ0) is 18.8. The summed E-state index contributed by atoms with van der Waals surface area (Å²) in [7, 11) is 1.68. The molecule has 0 bridgehead atoms. The first-order chi connectivity index (χ1) is 13.1. The second-order valence-electron chi connectivity index (χ2n) is 6.72. The summed E-state index contributed by atoms with van der Waals surface area (Å²) < 4.78 is 19.2. The molecule has 0 unspecified atom stereocenters. The maximum Gasteiger partial charge on any atom is 0.125 e. The number of methoxy groups -OCH3 is 1. The van der Waals surface area contributed by atoms with Gasteiger partial charge in [-0.3, -0.25) is 0 Å². The minimum absolute atomic E-state index is 0.189. The summed E-state index contributed by atoms with van der Waals surface area (Å²) in [5.41, 5.74) is 3.24. The second-order valence-corrected chi connectivity index (χ2v) is 7.96. The van der Waals surface area contributed by atoms with Crippen molar-refractivity contribution < 1.29 is 9.13 Å². The molecule has 0 spiro atoms. The number of thioether (sulfide) groups is 1. The van der Waals surface area contributed by atoms with Gasteiger partial charge in [0.05, 0.1) is 19.3 Å². The lowest BCUT2D eigenvalue weighted by molar-refractivity contribution is 0.413. The summed E-state index contributed by atoms with van der Waals surface area (Å²) in [6.07, 6.45) is 2.77. The first kappa shape index (κ1) is 17.9. The van der Waals surface area contributed by atoms with E-state index in [1.807, 2.05) is 25.3 Å². The number of rotatable bonds is 4. The Hall–Kier alpha value is -2.47.